The predicted octanol–water partition coefficient (Wildman–Crippen LogP) is 3.71. The Labute approximate surface area is 85.8 Å². The molecule has 1 fully saturated rings. The molecule has 0 aliphatic heterocycles. The van der Waals surface area contributed by atoms with Crippen molar-refractivity contribution in [3.63, 3.8) is 0 Å². The fourth-order valence-electron chi connectivity index (χ4n) is 1.08. The van der Waals surface area contributed by atoms with Crippen molar-refractivity contribution in [2.45, 2.75) is 18.9 Å². The second kappa shape index (κ2) is 3.35. The molecule has 0 aromatic heterocycles. The van der Waals surface area contributed by atoms with Crippen LogP contribution in [0.4, 0.5) is 10.1 Å². The van der Waals surface area contributed by atoms with Crippen LogP contribution in [0.25, 0.3) is 0 Å². The lowest BCUT2D eigenvalue weighted by molar-refractivity contribution is 0.628. The maximum Gasteiger partial charge on any atom is 0.143 e. The Balaban J connectivity index is 2.29. The van der Waals surface area contributed by atoms with Crippen LogP contribution in [0.1, 0.15) is 12.8 Å². The first-order chi connectivity index (χ1) is 6.18. The largest absolute Gasteiger partial charge is 0.381 e. The van der Waals surface area contributed by atoms with Crippen molar-refractivity contribution in [2.24, 2.45) is 0 Å². The summed E-state index contributed by atoms with van der Waals surface area (Å²) in [4.78, 5) is 0. The number of rotatable bonds is 2. The van der Waals surface area contributed by atoms with E-state index in [4.69, 9.17) is 23.2 Å². The minimum Gasteiger partial charge on any atom is -0.381 e. The van der Waals surface area contributed by atoms with E-state index in [1.165, 1.54) is 6.07 Å². The van der Waals surface area contributed by atoms with Crippen LogP contribution in [-0.4, -0.2) is 6.04 Å². The van der Waals surface area contributed by atoms with Gasteiger partial charge in [-0.1, -0.05) is 23.2 Å². The lowest BCUT2D eigenvalue weighted by Crippen LogP contribution is -2.01. The number of anilines is 1. The molecule has 1 aromatic rings. The fraction of sp³-hybridized carbons (Fsp3) is 0.333. The van der Waals surface area contributed by atoms with Crippen molar-refractivity contribution in [2.75, 3.05) is 5.32 Å². The average Bonchev–Trinajstić information content (AvgIpc) is 2.90. The van der Waals surface area contributed by atoms with Crippen LogP contribution in [0.2, 0.25) is 10.0 Å². The summed E-state index contributed by atoms with van der Waals surface area (Å²) in [7, 11) is 0. The third kappa shape index (κ3) is 1.89. The Bertz CT molecular complexity index is 337. The van der Waals surface area contributed by atoms with Crippen molar-refractivity contribution in [3.8, 4) is 0 Å². The van der Waals surface area contributed by atoms with Gasteiger partial charge in [0.25, 0.3) is 0 Å². The van der Waals surface area contributed by atoms with E-state index in [1.54, 1.807) is 6.07 Å². The van der Waals surface area contributed by atoms with E-state index in [9.17, 15) is 4.39 Å². The Hall–Kier alpha value is -0.470. The Morgan fingerprint density at radius 1 is 1.23 bits per heavy atom. The van der Waals surface area contributed by atoms with Gasteiger partial charge in [-0.05, 0) is 25.0 Å². The molecule has 70 valence electrons. The zero-order valence-electron chi connectivity index (χ0n) is 6.78. The second-order valence-corrected chi connectivity index (χ2v) is 3.90. The standard InChI is InChI=1S/C9H8Cl2FN/c10-8-6(12)3-4-7(9(8)11)13-5-1-2-5/h3-5,13H,1-2H2. The number of hydrogen-bond acceptors (Lipinski definition) is 1. The fourth-order valence-corrected chi connectivity index (χ4v) is 1.46. The van der Waals surface area contributed by atoms with Crippen molar-refractivity contribution in [3.05, 3.63) is 28.0 Å². The van der Waals surface area contributed by atoms with Gasteiger partial charge in [-0.3, -0.25) is 0 Å². The lowest BCUT2D eigenvalue weighted by Gasteiger charge is -2.08. The van der Waals surface area contributed by atoms with Crippen LogP contribution in [0.5, 0.6) is 0 Å². The predicted molar refractivity (Wildman–Crippen MR) is 53.1 cm³/mol. The van der Waals surface area contributed by atoms with Gasteiger partial charge in [0.05, 0.1) is 15.7 Å². The first-order valence-electron chi connectivity index (χ1n) is 4.08. The molecule has 1 nitrogen and oxygen atoms in total. The smallest absolute Gasteiger partial charge is 0.143 e. The highest BCUT2D eigenvalue weighted by Crippen LogP contribution is 2.35. The molecule has 0 bridgehead atoms. The maximum atomic E-state index is 12.9. The van der Waals surface area contributed by atoms with E-state index in [0.717, 1.165) is 18.5 Å². The van der Waals surface area contributed by atoms with Crippen molar-refractivity contribution >= 4 is 28.9 Å². The van der Waals surface area contributed by atoms with Crippen LogP contribution in [-0.2, 0) is 0 Å². The molecule has 1 saturated carbocycles. The lowest BCUT2D eigenvalue weighted by atomic mass is 10.3. The number of halogens is 3. The highest BCUT2D eigenvalue weighted by molar-refractivity contribution is 6.43. The zero-order valence-corrected chi connectivity index (χ0v) is 8.29. The summed E-state index contributed by atoms with van der Waals surface area (Å²) in [6.07, 6.45) is 2.29. The third-order valence-corrected chi connectivity index (χ3v) is 2.83. The van der Waals surface area contributed by atoms with Gasteiger partial charge in [-0.15, -0.1) is 0 Å². The summed E-state index contributed by atoms with van der Waals surface area (Å²) < 4.78 is 12.9. The molecule has 1 aliphatic carbocycles. The van der Waals surface area contributed by atoms with Gasteiger partial charge >= 0.3 is 0 Å². The SMILES string of the molecule is Fc1ccc(NC2CC2)c(Cl)c1Cl. The molecule has 0 saturated heterocycles. The normalized spacial score (nSPS) is 15.9. The van der Waals surface area contributed by atoms with Gasteiger partial charge in [0.1, 0.15) is 5.82 Å². The van der Waals surface area contributed by atoms with Crippen molar-refractivity contribution in [1.82, 2.24) is 0 Å². The molecule has 0 spiro atoms. The Kier molecular flexibility index (Phi) is 2.35. The van der Waals surface area contributed by atoms with Crippen LogP contribution >= 0.6 is 23.2 Å². The van der Waals surface area contributed by atoms with E-state index in [-0.39, 0.29) is 10.0 Å². The number of nitrogens with one attached hydrogen (secondary N) is 1. The monoisotopic (exact) mass is 219 g/mol. The summed E-state index contributed by atoms with van der Waals surface area (Å²) in [5, 5.41) is 3.43. The maximum absolute atomic E-state index is 12.9. The summed E-state index contributed by atoms with van der Waals surface area (Å²) in [6.45, 7) is 0. The zero-order chi connectivity index (χ0) is 9.42. The van der Waals surface area contributed by atoms with Crippen LogP contribution < -0.4 is 5.32 Å². The van der Waals surface area contributed by atoms with Crippen LogP contribution in [0.3, 0.4) is 0 Å². The molecule has 0 radical (unpaired) electrons. The van der Waals surface area contributed by atoms with Crippen molar-refractivity contribution < 1.29 is 4.39 Å². The summed E-state index contributed by atoms with van der Waals surface area (Å²) in [5.74, 6) is -0.479. The molecule has 13 heavy (non-hydrogen) atoms. The number of benzene rings is 1. The minimum atomic E-state index is -0.479. The van der Waals surface area contributed by atoms with Gasteiger partial charge < -0.3 is 5.32 Å². The molecule has 0 heterocycles. The highest BCUT2D eigenvalue weighted by Gasteiger charge is 2.22. The molecule has 4 heteroatoms. The Morgan fingerprint density at radius 3 is 2.54 bits per heavy atom. The highest BCUT2D eigenvalue weighted by atomic mass is 35.5. The summed E-state index contributed by atoms with van der Waals surface area (Å²) >= 11 is 11.5. The Morgan fingerprint density at radius 2 is 1.92 bits per heavy atom. The van der Waals surface area contributed by atoms with Gasteiger partial charge in [0, 0.05) is 6.04 Å². The summed E-state index contributed by atoms with van der Waals surface area (Å²) in [6, 6.07) is 3.42. The van der Waals surface area contributed by atoms with E-state index >= 15 is 0 Å². The van der Waals surface area contributed by atoms with E-state index in [0.29, 0.717) is 6.04 Å². The first kappa shape index (κ1) is 9.10. The van der Waals surface area contributed by atoms with Gasteiger partial charge in [0.15, 0.2) is 0 Å². The molecule has 0 unspecified atom stereocenters. The van der Waals surface area contributed by atoms with Crippen LogP contribution in [0, 0.1) is 5.82 Å². The van der Waals surface area contributed by atoms with E-state index in [2.05, 4.69) is 5.32 Å². The molecule has 0 atom stereocenters. The molecule has 2 rings (SSSR count). The van der Waals surface area contributed by atoms with Crippen molar-refractivity contribution in [1.29, 1.82) is 0 Å². The summed E-state index contributed by atoms with van der Waals surface area (Å²) in [5.41, 5.74) is 0.718. The van der Waals surface area contributed by atoms with Gasteiger partial charge in [-0.25, -0.2) is 4.39 Å². The molecule has 1 aromatic carbocycles. The number of hydrogen-bond donors (Lipinski definition) is 1. The minimum absolute atomic E-state index is 0.00711. The molecule has 1 aliphatic rings. The van der Waals surface area contributed by atoms with Gasteiger partial charge in [-0.2, -0.15) is 0 Å². The third-order valence-electron chi connectivity index (χ3n) is 1.97. The van der Waals surface area contributed by atoms with Gasteiger partial charge in [0.2, 0.25) is 0 Å². The molecule has 1 N–H and O–H groups in total. The van der Waals surface area contributed by atoms with E-state index < -0.39 is 5.82 Å². The van der Waals surface area contributed by atoms with Crippen LogP contribution in [0.15, 0.2) is 12.1 Å². The second-order valence-electron chi connectivity index (χ2n) is 3.14. The first-order valence-corrected chi connectivity index (χ1v) is 4.84. The average molecular weight is 220 g/mol. The topological polar surface area (TPSA) is 12.0 Å². The molecule has 0 amide bonds. The molecular formula is C9H8Cl2FN. The quantitative estimate of drug-likeness (QED) is 0.749. The molecular weight excluding hydrogens is 212 g/mol. The van der Waals surface area contributed by atoms with E-state index in [1.807, 2.05) is 0 Å².